The van der Waals surface area contributed by atoms with Crippen molar-refractivity contribution in [3.63, 3.8) is 0 Å². The molecule has 2 aromatic rings. The van der Waals surface area contributed by atoms with E-state index in [0.717, 1.165) is 11.1 Å². The molecule has 2 aromatic carbocycles. The highest BCUT2D eigenvalue weighted by molar-refractivity contribution is 8.26. The van der Waals surface area contributed by atoms with E-state index in [4.69, 9.17) is 17.0 Å². The van der Waals surface area contributed by atoms with Crippen LogP contribution in [0.3, 0.4) is 0 Å². The van der Waals surface area contributed by atoms with Gasteiger partial charge in [-0.05, 0) is 50.1 Å². The van der Waals surface area contributed by atoms with Gasteiger partial charge in [0.15, 0.2) is 0 Å². The quantitative estimate of drug-likeness (QED) is 0.309. The van der Waals surface area contributed by atoms with Crippen LogP contribution >= 0.6 is 24.0 Å². The van der Waals surface area contributed by atoms with Gasteiger partial charge in [-0.2, -0.15) is 0 Å². The third kappa shape index (κ3) is 6.33. The topological polar surface area (TPSA) is 66.9 Å². The first-order chi connectivity index (χ1) is 16.1. The first-order valence-electron chi connectivity index (χ1n) is 10.9. The summed E-state index contributed by atoms with van der Waals surface area (Å²) in [5.41, 5.74) is 1.90. The number of methoxy groups -OCH3 is 1. The summed E-state index contributed by atoms with van der Waals surface area (Å²) < 4.78 is 5.14. The molecule has 8 heteroatoms. The van der Waals surface area contributed by atoms with Gasteiger partial charge in [-0.1, -0.05) is 66.4 Å². The van der Waals surface area contributed by atoms with Gasteiger partial charge in [0.1, 0.15) is 4.32 Å². The van der Waals surface area contributed by atoms with Crippen molar-refractivity contribution >= 4 is 52.2 Å². The zero-order chi connectivity index (χ0) is 24.9. The first kappa shape index (κ1) is 25.6. The maximum absolute atomic E-state index is 13.1. The third-order valence-electron chi connectivity index (χ3n) is 5.35. The molecule has 0 radical (unpaired) electrons. The van der Waals surface area contributed by atoms with Gasteiger partial charge in [0.2, 0.25) is 5.91 Å². The largest absolute Gasteiger partial charge is 0.465 e. The van der Waals surface area contributed by atoms with Crippen LogP contribution in [0.15, 0.2) is 59.5 Å². The van der Waals surface area contributed by atoms with Gasteiger partial charge >= 0.3 is 5.97 Å². The van der Waals surface area contributed by atoms with E-state index < -0.39 is 5.97 Å². The number of amides is 2. The zero-order valence-electron chi connectivity index (χ0n) is 19.7. The van der Waals surface area contributed by atoms with Gasteiger partial charge in [0, 0.05) is 25.0 Å². The Morgan fingerprint density at radius 1 is 1.09 bits per heavy atom. The smallest absolute Gasteiger partial charge is 0.337 e. The molecule has 0 atom stereocenters. The molecule has 0 aromatic heterocycles. The highest BCUT2D eigenvalue weighted by atomic mass is 32.2. The minimum atomic E-state index is -0.417. The summed E-state index contributed by atoms with van der Waals surface area (Å²) in [7, 11) is 1.33. The Hall–Kier alpha value is -2.97. The summed E-state index contributed by atoms with van der Waals surface area (Å²) in [6.07, 6.45) is 1.91. The molecule has 0 N–H and O–H groups in total. The molecule has 0 aliphatic carbocycles. The summed E-state index contributed by atoms with van der Waals surface area (Å²) in [5.74, 6) is -0.669. The van der Waals surface area contributed by atoms with Crippen molar-refractivity contribution in [3.05, 3.63) is 76.2 Å². The number of rotatable bonds is 7. The second-order valence-corrected chi connectivity index (χ2v) is 10.5. The fourth-order valence-corrected chi connectivity index (χ4v) is 4.79. The van der Waals surface area contributed by atoms with Crippen molar-refractivity contribution in [3.8, 4) is 0 Å². The van der Waals surface area contributed by atoms with Crippen LogP contribution in [0.5, 0.6) is 0 Å². The van der Waals surface area contributed by atoms with Crippen molar-refractivity contribution < 1.29 is 19.1 Å². The van der Waals surface area contributed by atoms with Gasteiger partial charge < -0.3 is 9.64 Å². The van der Waals surface area contributed by atoms with Crippen molar-refractivity contribution in [2.24, 2.45) is 0 Å². The Kier molecular flexibility index (Phi) is 8.28. The maximum atomic E-state index is 13.1. The third-order valence-corrected chi connectivity index (χ3v) is 6.72. The lowest BCUT2D eigenvalue weighted by Gasteiger charge is -2.36. The predicted octanol–water partition coefficient (Wildman–Crippen LogP) is 4.89. The van der Waals surface area contributed by atoms with Gasteiger partial charge in [-0.3, -0.25) is 14.5 Å². The average molecular weight is 497 g/mol. The minimum absolute atomic E-state index is 0.0345. The number of thioether (sulfide) groups is 1. The zero-order valence-corrected chi connectivity index (χ0v) is 21.4. The molecule has 1 aliphatic rings. The molecule has 0 bridgehead atoms. The van der Waals surface area contributed by atoms with Crippen LogP contribution in [0.4, 0.5) is 0 Å². The first-order valence-corrected chi connectivity index (χ1v) is 12.1. The summed E-state index contributed by atoms with van der Waals surface area (Å²) in [4.78, 5) is 41.5. The van der Waals surface area contributed by atoms with Crippen LogP contribution in [0.25, 0.3) is 6.08 Å². The summed E-state index contributed by atoms with van der Waals surface area (Å²) >= 11 is 6.63. The van der Waals surface area contributed by atoms with Crippen molar-refractivity contribution in [2.45, 2.75) is 39.3 Å². The van der Waals surface area contributed by atoms with Crippen LogP contribution in [0, 0.1) is 0 Å². The monoisotopic (exact) mass is 496 g/mol. The molecular weight excluding hydrogens is 468 g/mol. The van der Waals surface area contributed by atoms with Crippen LogP contribution in [0.1, 0.15) is 48.7 Å². The van der Waals surface area contributed by atoms with E-state index in [9.17, 15) is 14.4 Å². The number of ether oxygens (including phenoxy) is 1. The molecule has 0 unspecified atom stereocenters. The number of carbonyl (C=O) groups is 3. The normalized spacial score (nSPS) is 15.1. The summed E-state index contributed by atoms with van der Waals surface area (Å²) in [6.45, 7) is 6.73. The lowest BCUT2D eigenvalue weighted by Crippen LogP contribution is -2.46. The second kappa shape index (κ2) is 11.0. The highest BCUT2D eigenvalue weighted by Crippen LogP contribution is 2.33. The Bertz CT molecular complexity index is 1110. The molecule has 6 nitrogen and oxygen atoms in total. The van der Waals surface area contributed by atoms with Gasteiger partial charge in [0.25, 0.3) is 5.91 Å². The van der Waals surface area contributed by atoms with Crippen molar-refractivity contribution in [1.82, 2.24) is 9.80 Å². The molecule has 1 heterocycles. The van der Waals surface area contributed by atoms with E-state index >= 15 is 0 Å². The SMILES string of the molecule is COC(=O)c1ccc(C=C2SC(=S)N(CCC(=O)N(Cc3ccccc3)C(C)(C)C)C2=O)cc1. The molecule has 1 saturated heterocycles. The average Bonchev–Trinajstić information content (AvgIpc) is 3.07. The lowest BCUT2D eigenvalue weighted by atomic mass is 10.0. The number of carbonyl (C=O) groups excluding carboxylic acids is 3. The van der Waals surface area contributed by atoms with E-state index in [1.165, 1.54) is 23.8 Å². The summed E-state index contributed by atoms with van der Waals surface area (Å²) in [6, 6.07) is 16.6. The van der Waals surface area contributed by atoms with Gasteiger partial charge in [-0.15, -0.1) is 0 Å². The van der Waals surface area contributed by atoms with Gasteiger partial charge in [-0.25, -0.2) is 4.79 Å². The fourth-order valence-electron chi connectivity index (χ4n) is 3.49. The van der Waals surface area contributed by atoms with E-state index in [1.807, 2.05) is 56.0 Å². The molecule has 0 saturated carbocycles. The molecule has 3 rings (SSSR count). The molecule has 0 spiro atoms. The Labute approximate surface area is 210 Å². The molecule has 1 fully saturated rings. The maximum Gasteiger partial charge on any atom is 0.337 e. The molecule has 34 heavy (non-hydrogen) atoms. The van der Waals surface area contributed by atoms with Crippen molar-refractivity contribution in [2.75, 3.05) is 13.7 Å². The number of esters is 1. The molecule has 1 aliphatic heterocycles. The van der Waals surface area contributed by atoms with E-state index in [2.05, 4.69) is 0 Å². The van der Waals surface area contributed by atoms with Crippen LogP contribution in [-0.2, 0) is 20.9 Å². The van der Waals surface area contributed by atoms with Gasteiger partial charge in [0.05, 0.1) is 17.6 Å². The van der Waals surface area contributed by atoms with Crippen LogP contribution in [0.2, 0.25) is 0 Å². The van der Waals surface area contributed by atoms with E-state index in [0.29, 0.717) is 21.3 Å². The Morgan fingerprint density at radius 2 is 1.74 bits per heavy atom. The number of thiocarbonyl (C=S) groups is 1. The molecule has 2 amide bonds. The molecular formula is C26H28N2O4S2. The highest BCUT2D eigenvalue weighted by Gasteiger charge is 2.33. The number of benzene rings is 2. The second-order valence-electron chi connectivity index (χ2n) is 8.83. The standard InChI is InChI=1S/C26H28N2O4S2/c1-26(2,3)28(17-19-8-6-5-7-9-19)22(29)14-15-27-23(30)21(34-25(27)33)16-18-10-12-20(13-11-18)24(31)32-4/h5-13,16H,14-15,17H2,1-4H3. The summed E-state index contributed by atoms with van der Waals surface area (Å²) in [5, 5.41) is 0. The minimum Gasteiger partial charge on any atom is -0.465 e. The Balaban J connectivity index is 1.66. The molecule has 178 valence electrons. The Morgan fingerprint density at radius 3 is 2.32 bits per heavy atom. The van der Waals surface area contributed by atoms with Crippen molar-refractivity contribution in [1.29, 1.82) is 0 Å². The van der Waals surface area contributed by atoms with E-state index in [-0.39, 0.29) is 30.3 Å². The van der Waals surface area contributed by atoms with Crippen LogP contribution < -0.4 is 0 Å². The lowest BCUT2D eigenvalue weighted by molar-refractivity contribution is -0.137. The number of hydrogen-bond donors (Lipinski definition) is 0. The fraction of sp³-hybridized carbons (Fsp3) is 0.308. The number of hydrogen-bond acceptors (Lipinski definition) is 6. The van der Waals surface area contributed by atoms with E-state index in [1.54, 1.807) is 30.3 Å². The predicted molar refractivity (Wildman–Crippen MR) is 139 cm³/mol. The van der Waals surface area contributed by atoms with Crippen LogP contribution in [-0.4, -0.2) is 51.1 Å². The number of nitrogens with zero attached hydrogens (tertiary/aromatic N) is 2.